The van der Waals surface area contributed by atoms with Crippen LogP contribution in [0.15, 0.2) is 60.7 Å². The Hall–Kier alpha value is -1.94. The van der Waals surface area contributed by atoms with Crippen molar-refractivity contribution >= 4 is 40.5 Å². The summed E-state index contributed by atoms with van der Waals surface area (Å²) in [7, 11) is 0. The molecule has 0 atom stereocenters. The molecule has 0 aliphatic carbocycles. The van der Waals surface area contributed by atoms with E-state index >= 15 is 0 Å². The third-order valence-corrected chi connectivity index (χ3v) is 4.58. The summed E-state index contributed by atoms with van der Waals surface area (Å²) in [6.07, 6.45) is 0. The predicted molar refractivity (Wildman–Crippen MR) is 106 cm³/mol. The number of para-hydroxylation sites is 1. The van der Waals surface area contributed by atoms with E-state index in [1.54, 1.807) is 24.3 Å². The van der Waals surface area contributed by atoms with Gasteiger partial charge in [0.05, 0.1) is 20.8 Å². The number of hydrogen-bond donors (Lipinski definition) is 1. The lowest BCUT2D eigenvalue weighted by Crippen LogP contribution is -2.02. The van der Waals surface area contributed by atoms with Crippen molar-refractivity contribution in [1.29, 1.82) is 0 Å². The largest absolute Gasteiger partial charge is 0.486 e. The maximum Gasteiger partial charge on any atom is 0.156 e. The van der Waals surface area contributed by atoms with Gasteiger partial charge in [-0.25, -0.2) is 4.39 Å². The SMILES string of the molecule is Fc1cccc(COc2c(Cl)cc(CNc3ccccc3Cl)cc2Cl)c1. The zero-order chi connectivity index (χ0) is 18.5. The number of benzene rings is 3. The van der Waals surface area contributed by atoms with Crippen LogP contribution in [-0.2, 0) is 13.2 Å². The lowest BCUT2D eigenvalue weighted by molar-refractivity contribution is 0.306. The minimum absolute atomic E-state index is 0.175. The van der Waals surface area contributed by atoms with Crippen LogP contribution >= 0.6 is 34.8 Å². The number of halogens is 4. The fourth-order valence-electron chi connectivity index (χ4n) is 2.44. The highest BCUT2D eigenvalue weighted by molar-refractivity contribution is 6.37. The van der Waals surface area contributed by atoms with Crippen LogP contribution in [-0.4, -0.2) is 0 Å². The van der Waals surface area contributed by atoms with Gasteiger partial charge in [0.2, 0.25) is 0 Å². The number of hydrogen-bond acceptors (Lipinski definition) is 2. The molecule has 0 amide bonds. The monoisotopic (exact) mass is 409 g/mol. The van der Waals surface area contributed by atoms with Gasteiger partial charge in [0.15, 0.2) is 5.75 Å². The van der Waals surface area contributed by atoms with Crippen molar-refractivity contribution in [3.8, 4) is 5.75 Å². The van der Waals surface area contributed by atoms with Crippen molar-refractivity contribution in [2.24, 2.45) is 0 Å². The quantitative estimate of drug-likeness (QED) is 0.473. The Morgan fingerprint density at radius 3 is 2.23 bits per heavy atom. The van der Waals surface area contributed by atoms with Crippen LogP contribution in [0.5, 0.6) is 5.75 Å². The lowest BCUT2D eigenvalue weighted by Gasteiger charge is -2.13. The normalized spacial score (nSPS) is 10.6. The Labute approximate surface area is 166 Å². The van der Waals surface area contributed by atoms with Gasteiger partial charge in [-0.3, -0.25) is 0 Å². The average molecular weight is 411 g/mol. The molecule has 0 saturated carbocycles. The molecule has 0 aliphatic heterocycles. The standard InChI is InChI=1S/C20H15Cl3FNO/c21-16-6-1-2-7-19(16)25-11-14-9-17(22)20(18(23)10-14)26-12-13-4-3-5-15(24)8-13/h1-10,25H,11-12H2. The summed E-state index contributed by atoms with van der Waals surface area (Å²) in [6, 6.07) is 17.2. The predicted octanol–water partition coefficient (Wildman–Crippen LogP) is 6.98. The summed E-state index contributed by atoms with van der Waals surface area (Å²) in [5, 5.41) is 4.66. The molecular formula is C20H15Cl3FNO. The first-order valence-corrected chi connectivity index (χ1v) is 9.00. The number of rotatable bonds is 6. The molecular weight excluding hydrogens is 396 g/mol. The minimum Gasteiger partial charge on any atom is -0.486 e. The highest BCUT2D eigenvalue weighted by atomic mass is 35.5. The third kappa shape index (κ3) is 4.82. The summed E-state index contributed by atoms with van der Waals surface area (Å²) >= 11 is 18.7. The van der Waals surface area contributed by atoms with E-state index in [1.165, 1.54) is 12.1 Å². The van der Waals surface area contributed by atoms with Crippen molar-refractivity contribution in [2.45, 2.75) is 13.2 Å². The maximum atomic E-state index is 13.2. The zero-order valence-electron chi connectivity index (χ0n) is 13.6. The van der Waals surface area contributed by atoms with Crippen molar-refractivity contribution in [2.75, 3.05) is 5.32 Å². The molecule has 2 nitrogen and oxygen atoms in total. The van der Waals surface area contributed by atoms with E-state index in [2.05, 4.69) is 5.32 Å². The second kappa shape index (κ2) is 8.63. The summed E-state index contributed by atoms with van der Waals surface area (Å²) in [5.41, 5.74) is 2.41. The maximum absolute atomic E-state index is 13.2. The van der Waals surface area contributed by atoms with Gasteiger partial charge >= 0.3 is 0 Å². The van der Waals surface area contributed by atoms with Gasteiger partial charge in [-0.05, 0) is 47.5 Å². The molecule has 0 bridgehead atoms. The Kier molecular flexibility index (Phi) is 6.25. The molecule has 0 unspecified atom stereocenters. The van der Waals surface area contributed by atoms with Crippen LogP contribution in [0.25, 0.3) is 0 Å². The molecule has 0 aromatic heterocycles. The summed E-state index contributed by atoms with van der Waals surface area (Å²) in [5.74, 6) is 0.0587. The second-order valence-corrected chi connectivity index (χ2v) is 6.86. The highest BCUT2D eigenvalue weighted by Gasteiger charge is 2.11. The second-order valence-electron chi connectivity index (χ2n) is 5.64. The zero-order valence-corrected chi connectivity index (χ0v) is 15.9. The Morgan fingerprint density at radius 1 is 0.808 bits per heavy atom. The van der Waals surface area contributed by atoms with Gasteiger partial charge in [-0.15, -0.1) is 0 Å². The van der Waals surface area contributed by atoms with E-state index in [4.69, 9.17) is 39.5 Å². The van der Waals surface area contributed by atoms with Crippen LogP contribution in [0.3, 0.4) is 0 Å². The molecule has 0 saturated heterocycles. The molecule has 134 valence electrons. The van der Waals surface area contributed by atoms with Crippen LogP contribution in [0.1, 0.15) is 11.1 Å². The van der Waals surface area contributed by atoms with Crippen molar-refractivity contribution in [3.63, 3.8) is 0 Å². The van der Waals surface area contributed by atoms with Gasteiger partial charge in [0, 0.05) is 6.54 Å². The molecule has 0 fully saturated rings. The van der Waals surface area contributed by atoms with Crippen LogP contribution in [0, 0.1) is 5.82 Å². The minimum atomic E-state index is -0.315. The van der Waals surface area contributed by atoms with E-state index in [0.29, 0.717) is 32.9 Å². The van der Waals surface area contributed by atoms with Gasteiger partial charge in [0.25, 0.3) is 0 Å². The van der Waals surface area contributed by atoms with Gasteiger partial charge in [-0.1, -0.05) is 59.1 Å². The average Bonchev–Trinajstić information content (AvgIpc) is 2.60. The Bertz CT molecular complexity index is 894. The fourth-order valence-corrected chi connectivity index (χ4v) is 3.28. The fraction of sp³-hybridized carbons (Fsp3) is 0.100. The molecule has 26 heavy (non-hydrogen) atoms. The van der Waals surface area contributed by atoms with E-state index in [-0.39, 0.29) is 12.4 Å². The van der Waals surface area contributed by atoms with E-state index in [9.17, 15) is 4.39 Å². The molecule has 0 aliphatic rings. The van der Waals surface area contributed by atoms with E-state index < -0.39 is 0 Å². The van der Waals surface area contributed by atoms with Crippen molar-refractivity contribution in [3.05, 3.63) is 92.7 Å². The van der Waals surface area contributed by atoms with Crippen LogP contribution in [0.4, 0.5) is 10.1 Å². The Balaban J connectivity index is 1.69. The van der Waals surface area contributed by atoms with E-state index in [1.807, 2.05) is 24.3 Å². The molecule has 6 heteroatoms. The summed E-state index contributed by atoms with van der Waals surface area (Å²) in [6.45, 7) is 0.682. The molecule has 0 spiro atoms. The number of ether oxygens (including phenoxy) is 1. The van der Waals surface area contributed by atoms with Crippen molar-refractivity contribution in [1.82, 2.24) is 0 Å². The molecule has 3 rings (SSSR count). The van der Waals surface area contributed by atoms with Crippen LogP contribution in [0.2, 0.25) is 15.1 Å². The van der Waals surface area contributed by atoms with Gasteiger partial charge in [-0.2, -0.15) is 0 Å². The first-order chi connectivity index (χ1) is 12.5. The van der Waals surface area contributed by atoms with Crippen molar-refractivity contribution < 1.29 is 9.13 Å². The van der Waals surface area contributed by atoms with E-state index in [0.717, 1.165) is 11.3 Å². The first-order valence-electron chi connectivity index (χ1n) is 7.86. The van der Waals surface area contributed by atoms with Crippen LogP contribution < -0.4 is 10.1 Å². The van der Waals surface area contributed by atoms with Gasteiger partial charge in [0.1, 0.15) is 12.4 Å². The lowest BCUT2D eigenvalue weighted by atomic mass is 10.2. The molecule has 3 aromatic rings. The van der Waals surface area contributed by atoms with Gasteiger partial charge < -0.3 is 10.1 Å². The summed E-state index contributed by atoms with van der Waals surface area (Å²) in [4.78, 5) is 0. The molecule has 1 N–H and O–H groups in total. The Morgan fingerprint density at radius 2 is 1.54 bits per heavy atom. The smallest absolute Gasteiger partial charge is 0.156 e. The first kappa shape index (κ1) is 18.8. The molecule has 0 radical (unpaired) electrons. The number of nitrogens with one attached hydrogen (secondary N) is 1. The highest BCUT2D eigenvalue weighted by Crippen LogP contribution is 2.35. The third-order valence-electron chi connectivity index (χ3n) is 3.69. The number of anilines is 1. The molecule has 3 aromatic carbocycles. The molecule has 0 heterocycles. The summed E-state index contributed by atoms with van der Waals surface area (Å²) < 4.78 is 18.9. The topological polar surface area (TPSA) is 21.3 Å².